The van der Waals surface area contributed by atoms with Crippen LogP contribution >= 0.6 is 0 Å². The van der Waals surface area contributed by atoms with Crippen LogP contribution in [0.3, 0.4) is 0 Å². The van der Waals surface area contributed by atoms with Crippen molar-refractivity contribution in [3.05, 3.63) is 0 Å². The number of nitrogens with one attached hydrogen (secondary N) is 2. The highest BCUT2D eigenvalue weighted by molar-refractivity contribution is 6.07. The van der Waals surface area contributed by atoms with Crippen LogP contribution in [0.2, 0.25) is 0 Å². The van der Waals surface area contributed by atoms with Gasteiger partial charge in [0.25, 0.3) is 5.91 Å². The van der Waals surface area contributed by atoms with Gasteiger partial charge in [-0.05, 0) is 62.8 Å². The summed E-state index contributed by atoms with van der Waals surface area (Å²) in [5.74, 6) is 2.36. The van der Waals surface area contributed by atoms with E-state index in [0.29, 0.717) is 23.7 Å². The number of nitrogens with two attached hydrogens (primary N) is 1. The van der Waals surface area contributed by atoms with E-state index in [1.807, 2.05) is 0 Å². The van der Waals surface area contributed by atoms with Gasteiger partial charge < -0.3 is 11.1 Å². The number of amides is 1. The van der Waals surface area contributed by atoms with Crippen LogP contribution in [-0.4, -0.2) is 35.4 Å². The smallest absolute Gasteiger partial charge is 0.255 e. The third-order valence-corrected chi connectivity index (χ3v) is 7.34. The van der Waals surface area contributed by atoms with Crippen LogP contribution in [0.1, 0.15) is 90.4 Å². The standard InChI is InChI=1S/C22H40N4O/c1-2-3-13-22(14-17-7-5-4-6-8-17)20(27)26(21(24)25-22)16-19-11-9-18(15-23)10-12-19/h17-19H,2-16,23H2,1H3,(H2,24,25). The van der Waals surface area contributed by atoms with E-state index in [1.54, 1.807) is 4.90 Å². The lowest BCUT2D eigenvalue weighted by Gasteiger charge is -2.34. The summed E-state index contributed by atoms with van der Waals surface area (Å²) in [7, 11) is 0. The molecule has 1 heterocycles. The molecular formula is C22H40N4O. The molecule has 1 unspecified atom stereocenters. The Morgan fingerprint density at radius 2 is 1.74 bits per heavy atom. The molecule has 27 heavy (non-hydrogen) atoms. The average molecular weight is 377 g/mol. The van der Waals surface area contributed by atoms with Gasteiger partial charge in [0.15, 0.2) is 5.96 Å². The largest absolute Gasteiger partial charge is 0.342 e. The summed E-state index contributed by atoms with van der Waals surface area (Å²) in [5, 5.41) is 11.9. The summed E-state index contributed by atoms with van der Waals surface area (Å²) in [6, 6.07) is 0. The molecule has 0 radical (unpaired) electrons. The van der Waals surface area contributed by atoms with E-state index in [-0.39, 0.29) is 5.91 Å². The van der Waals surface area contributed by atoms with Gasteiger partial charge in [0, 0.05) is 6.54 Å². The van der Waals surface area contributed by atoms with Crippen molar-refractivity contribution in [2.45, 2.75) is 95.9 Å². The highest BCUT2D eigenvalue weighted by atomic mass is 16.2. The van der Waals surface area contributed by atoms with Crippen molar-refractivity contribution in [2.75, 3.05) is 13.1 Å². The van der Waals surface area contributed by atoms with Gasteiger partial charge in [-0.2, -0.15) is 0 Å². The fraction of sp³-hybridized carbons (Fsp3) is 0.909. The predicted molar refractivity (Wildman–Crippen MR) is 111 cm³/mol. The zero-order chi connectivity index (χ0) is 19.3. The number of unbranched alkanes of at least 4 members (excludes halogenated alkanes) is 1. The lowest BCUT2D eigenvalue weighted by Crippen LogP contribution is -2.49. The van der Waals surface area contributed by atoms with Gasteiger partial charge in [0.2, 0.25) is 0 Å². The third kappa shape index (κ3) is 4.85. The molecule has 0 aromatic heterocycles. The first-order valence-electron chi connectivity index (χ1n) is 11.5. The number of nitrogens with zero attached hydrogens (tertiary/aromatic N) is 1. The van der Waals surface area contributed by atoms with Gasteiger partial charge in [-0.3, -0.25) is 15.1 Å². The van der Waals surface area contributed by atoms with E-state index in [9.17, 15) is 4.79 Å². The summed E-state index contributed by atoms with van der Waals surface area (Å²) in [6.45, 7) is 3.70. The van der Waals surface area contributed by atoms with E-state index in [4.69, 9.17) is 11.1 Å². The van der Waals surface area contributed by atoms with E-state index in [0.717, 1.165) is 51.6 Å². The van der Waals surface area contributed by atoms with Crippen molar-refractivity contribution >= 4 is 11.9 Å². The molecule has 1 aliphatic heterocycles. The van der Waals surface area contributed by atoms with Crippen LogP contribution in [-0.2, 0) is 4.79 Å². The third-order valence-electron chi connectivity index (χ3n) is 7.34. The van der Waals surface area contributed by atoms with Crippen LogP contribution in [0.5, 0.6) is 0 Å². The molecule has 154 valence electrons. The van der Waals surface area contributed by atoms with Gasteiger partial charge in [-0.1, -0.05) is 51.9 Å². The molecular weight excluding hydrogens is 336 g/mol. The first-order valence-corrected chi connectivity index (χ1v) is 11.5. The number of hydrogen-bond donors (Lipinski definition) is 3. The molecule has 3 fully saturated rings. The Hall–Kier alpha value is -1.10. The van der Waals surface area contributed by atoms with E-state index in [1.165, 1.54) is 44.9 Å². The van der Waals surface area contributed by atoms with E-state index < -0.39 is 5.54 Å². The van der Waals surface area contributed by atoms with Gasteiger partial charge in [0.05, 0.1) is 0 Å². The Bertz CT molecular complexity index is 508. The molecule has 3 aliphatic rings. The highest BCUT2D eigenvalue weighted by Crippen LogP contribution is 2.37. The number of carbonyl (C=O) groups excluding carboxylic acids is 1. The topological polar surface area (TPSA) is 82.2 Å². The van der Waals surface area contributed by atoms with Gasteiger partial charge in [-0.15, -0.1) is 0 Å². The van der Waals surface area contributed by atoms with Crippen LogP contribution in [0.15, 0.2) is 0 Å². The molecule has 4 N–H and O–H groups in total. The molecule has 5 nitrogen and oxygen atoms in total. The fourth-order valence-corrected chi connectivity index (χ4v) is 5.56. The number of carbonyl (C=O) groups is 1. The summed E-state index contributed by atoms with van der Waals surface area (Å²) >= 11 is 0. The maximum atomic E-state index is 13.5. The summed E-state index contributed by atoms with van der Waals surface area (Å²) in [6.07, 6.45) is 15.0. The van der Waals surface area contributed by atoms with Crippen molar-refractivity contribution in [1.29, 1.82) is 5.41 Å². The molecule has 2 saturated carbocycles. The van der Waals surface area contributed by atoms with Crippen molar-refractivity contribution in [3.8, 4) is 0 Å². The van der Waals surface area contributed by atoms with E-state index in [2.05, 4.69) is 12.2 Å². The second kappa shape index (κ2) is 9.40. The second-order valence-corrected chi connectivity index (χ2v) is 9.41. The number of rotatable bonds is 8. The SMILES string of the molecule is CCCCC1(CC2CCCCC2)NC(=N)N(CC2CCC(CN)CC2)C1=O. The Morgan fingerprint density at radius 1 is 1.07 bits per heavy atom. The molecule has 0 aromatic carbocycles. The van der Waals surface area contributed by atoms with Crippen LogP contribution < -0.4 is 11.1 Å². The lowest BCUT2D eigenvalue weighted by molar-refractivity contribution is -0.132. The molecule has 0 aromatic rings. The Balaban J connectivity index is 1.66. The molecule has 2 aliphatic carbocycles. The maximum Gasteiger partial charge on any atom is 0.255 e. The van der Waals surface area contributed by atoms with Crippen LogP contribution in [0.25, 0.3) is 0 Å². The minimum Gasteiger partial charge on any atom is -0.342 e. The van der Waals surface area contributed by atoms with Crippen molar-refractivity contribution in [2.24, 2.45) is 23.5 Å². The quantitative estimate of drug-likeness (QED) is 0.598. The molecule has 5 heteroatoms. The molecule has 3 rings (SSSR count). The average Bonchev–Trinajstić information content (AvgIpc) is 2.92. The molecule has 0 bridgehead atoms. The first kappa shape index (κ1) is 20.6. The Kier molecular flexibility index (Phi) is 7.18. The molecule has 1 atom stereocenters. The van der Waals surface area contributed by atoms with Crippen molar-refractivity contribution < 1.29 is 4.79 Å². The minimum atomic E-state index is -0.510. The lowest BCUT2D eigenvalue weighted by atomic mass is 9.77. The van der Waals surface area contributed by atoms with Gasteiger partial charge in [-0.25, -0.2) is 0 Å². The molecule has 0 spiro atoms. The minimum absolute atomic E-state index is 0.187. The van der Waals surface area contributed by atoms with E-state index >= 15 is 0 Å². The zero-order valence-electron chi connectivity index (χ0n) is 17.3. The first-order chi connectivity index (χ1) is 13.1. The monoisotopic (exact) mass is 376 g/mol. The van der Waals surface area contributed by atoms with Crippen molar-refractivity contribution in [1.82, 2.24) is 10.2 Å². The number of guanidine groups is 1. The number of hydrogen-bond acceptors (Lipinski definition) is 3. The molecule has 1 saturated heterocycles. The Labute approximate surface area is 165 Å². The molecule has 1 amide bonds. The fourth-order valence-electron chi connectivity index (χ4n) is 5.56. The summed E-state index contributed by atoms with van der Waals surface area (Å²) < 4.78 is 0. The Morgan fingerprint density at radius 3 is 2.37 bits per heavy atom. The van der Waals surface area contributed by atoms with Gasteiger partial charge >= 0.3 is 0 Å². The van der Waals surface area contributed by atoms with Crippen molar-refractivity contribution in [3.63, 3.8) is 0 Å². The second-order valence-electron chi connectivity index (χ2n) is 9.41. The normalized spacial score (nSPS) is 32.7. The summed E-state index contributed by atoms with van der Waals surface area (Å²) in [4.78, 5) is 15.3. The zero-order valence-corrected chi connectivity index (χ0v) is 17.3. The van der Waals surface area contributed by atoms with Gasteiger partial charge in [0.1, 0.15) is 5.54 Å². The van der Waals surface area contributed by atoms with Crippen LogP contribution in [0, 0.1) is 23.2 Å². The maximum absolute atomic E-state index is 13.5. The summed E-state index contributed by atoms with van der Waals surface area (Å²) in [5.41, 5.74) is 5.31. The van der Waals surface area contributed by atoms with Crippen LogP contribution in [0.4, 0.5) is 0 Å². The highest BCUT2D eigenvalue weighted by Gasteiger charge is 2.50. The predicted octanol–water partition coefficient (Wildman–Crippen LogP) is 4.02.